The van der Waals surface area contributed by atoms with E-state index in [1.165, 1.54) is 12.5 Å². The Kier molecular flexibility index (Phi) is 3.44. The van der Waals surface area contributed by atoms with Crippen LogP contribution in [0.3, 0.4) is 0 Å². The molecule has 88 valence electrons. The van der Waals surface area contributed by atoms with E-state index in [2.05, 4.69) is 5.32 Å². The number of hydrogen-bond acceptors (Lipinski definition) is 2. The van der Waals surface area contributed by atoms with E-state index in [4.69, 9.17) is 4.74 Å². The third kappa shape index (κ3) is 2.35. The lowest BCUT2D eigenvalue weighted by molar-refractivity contribution is 0.118. The molecule has 0 aliphatic heterocycles. The van der Waals surface area contributed by atoms with Gasteiger partial charge in [-0.05, 0) is 51.4 Å². The quantitative estimate of drug-likeness (QED) is 0.847. The fourth-order valence-electron chi connectivity index (χ4n) is 1.79. The molecular formula is C13H18FNO. The fourth-order valence-corrected chi connectivity index (χ4v) is 1.79. The number of hydrogen-bond donors (Lipinski definition) is 1. The Bertz CT molecular complexity index is 363. The molecule has 16 heavy (non-hydrogen) atoms. The van der Waals surface area contributed by atoms with Crippen LogP contribution in [-0.4, -0.2) is 13.2 Å². The lowest BCUT2D eigenvalue weighted by Gasteiger charge is -2.28. The summed E-state index contributed by atoms with van der Waals surface area (Å²) >= 11 is 0. The van der Waals surface area contributed by atoms with E-state index in [-0.39, 0.29) is 11.9 Å². The second-order valence-corrected chi connectivity index (χ2v) is 4.36. The highest BCUT2D eigenvalue weighted by atomic mass is 19.1. The van der Waals surface area contributed by atoms with Crippen molar-refractivity contribution < 1.29 is 9.13 Å². The van der Waals surface area contributed by atoms with Crippen LogP contribution in [0.15, 0.2) is 18.2 Å². The normalized spacial score (nSPS) is 17.9. The second-order valence-electron chi connectivity index (χ2n) is 4.36. The average Bonchev–Trinajstić information content (AvgIpc) is 2.23. The SMILES string of the molecule is CNC(C)c1cc(F)ccc1OC1CCC1. The topological polar surface area (TPSA) is 21.3 Å². The summed E-state index contributed by atoms with van der Waals surface area (Å²) in [6, 6.07) is 4.84. The van der Waals surface area contributed by atoms with Crippen molar-refractivity contribution in [3.05, 3.63) is 29.6 Å². The summed E-state index contributed by atoms with van der Waals surface area (Å²) in [7, 11) is 1.86. The van der Waals surface area contributed by atoms with Crippen LogP contribution in [0.1, 0.15) is 37.8 Å². The highest BCUT2D eigenvalue weighted by molar-refractivity contribution is 5.36. The van der Waals surface area contributed by atoms with Crippen molar-refractivity contribution in [1.82, 2.24) is 5.32 Å². The van der Waals surface area contributed by atoms with Gasteiger partial charge in [-0.15, -0.1) is 0 Å². The molecule has 1 aliphatic carbocycles. The van der Waals surface area contributed by atoms with Gasteiger partial charge in [0, 0.05) is 11.6 Å². The molecule has 2 rings (SSSR count). The molecule has 0 aromatic heterocycles. The van der Waals surface area contributed by atoms with Gasteiger partial charge in [0.15, 0.2) is 0 Å². The summed E-state index contributed by atoms with van der Waals surface area (Å²) in [5.74, 6) is 0.603. The predicted molar refractivity (Wildman–Crippen MR) is 62.1 cm³/mol. The van der Waals surface area contributed by atoms with Crippen molar-refractivity contribution in [3.63, 3.8) is 0 Å². The number of nitrogens with one attached hydrogen (secondary N) is 1. The van der Waals surface area contributed by atoms with Gasteiger partial charge >= 0.3 is 0 Å². The van der Waals surface area contributed by atoms with Gasteiger partial charge in [-0.1, -0.05) is 0 Å². The molecule has 0 radical (unpaired) electrons. The van der Waals surface area contributed by atoms with Crippen LogP contribution in [0, 0.1) is 5.82 Å². The first-order chi connectivity index (χ1) is 7.70. The highest BCUT2D eigenvalue weighted by Gasteiger charge is 2.21. The molecular weight excluding hydrogens is 205 g/mol. The van der Waals surface area contributed by atoms with Gasteiger partial charge in [0.1, 0.15) is 11.6 Å². The zero-order valence-electron chi connectivity index (χ0n) is 9.79. The summed E-state index contributed by atoms with van der Waals surface area (Å²) < 4.78 is 19.0. The van der Waals surface area contributed by atoms with Gasteiger partial charge in [0.05, 0.1) is 6.10 Å². The summed E-state index contributed by atoms with van der Waals surface area (Å²) in [5, 5.41) is 3.11. The third-order valence-electron chi connectivity index (χ3n) is 3.22. The third-order valence-corrected chi connectivity index (χ3v) is 3.22. The number of halogens is 1. The maximum atomic E-state index is 13.2. The second kappa shape index (κ2) is 4.83. The van der Waals surface area contributed by atoms with Crippen molar-refractivity contribution in [2.24, 2.45) is 0 Å². The maximum Gasteiger partial charge on any atom is 0.124 e. The van der Waals surface area contributed by atoms with Crippen molar-refractivity contribution in [2.45, 2.75) is 38.3 Å². The van der Waals surface area contributed by atoms with Crippen LogP contribution in [-0.2, 0) is 0 Å². The van der Waals surface area contributed by atoms with Gasteiger partial charge in [0.25, 0.3) is 0 Å². The first-order valence-corrected chi connectivity index (χ1v) is 5.84. The Hall–Kier alpha value is -1.09. The Morgan fingerprint density at radius 1 is 1.44 bits per heavy atom. The van der Waals surface area contributed by atoms with Crippen LogP contribution in [0.2, 0.25) is 0 Å². The van der Waals surface area contributed by atoms with E-state index in [0.717, 1.165) is 24.2 Å². The molecule has 3 heteroatoms. The molecule has 0 amide bonds. The largest absolute Gasteiger partial charge is 0.490 e. The Balaban J connectivity index is 2.20. The number of benzene rings is 1. The van der Waals surface area contributed by atoms with Crippen LogP contribution in [0.25, 0.3) is 0 Å². The van der Waals surface area contributed by atoms with Crippen LogP contribution in [0.4, 0.5) is 4.39 Å². The molecule has 1 atom stereocenters. The van der Waals surface area contributed by atoms with Gasteiger partial charge in [-0.25, -0.2) is 4.39 Å². The number of rotatable bonds is 4. The summed E-state index contributed by atoms with van der Waals surface area (Å²) in [6.07, 6.45) is 3.80. The molecule has 0 spiro atoms. The van der Waals surface area contributed by atoms with E-state index in [1.807, 2.05) is 14.0 Å². The van der Waals surface area contributed by atoms with Crippen molar-refractivity contribution in [3.8, 4) is 5.75 Å². The molecule has 0 heterocycles. The van der Waals surface area contributed by atoms with Gasteiger partial charge in [0.2, 0.25) is 0 Å². The molecule has 1 saturated carbocycles. The molecule has 0 saturated heterocycles. The first kappa shape index (κ1) is 11.4. The minimum Gasteiger partial charge on any atom is -0.490 e. The Morgan fingerprint density at radius 3 is 2.75 bits per heavy atom. The zero-order valence-corrected chi connectivity index (χ0v) is 9.79. The molecule has 1 aromatic carbocycles. The monoisotopic (exact) mass is 223 g/mol. The van der Waals surface area contributed by atoms with Crippen LogP contribution >= 0.6 is 0 Å². The molecule has 1 unspecified atom stereocenters. The molecule has 2 nitrogen and oxygen atoms in total. The van der Waals surface area contributed by atoms with E-state index in [1.54, 1.807) is 12.1 Å². The molecule has 1 N–H and O–H groups in total. The van der Waals surface area contributed by atoms with Crippen LogP contribution < -0.4 is 10.1 Å². The first-order valence-electron chi connectivity index (χ1n) is 5.84. The van der Waals surface area contributed by atoms with E-state index in [0.29, 0.717) is 6.10 Å². The lowest BCUT2D eigenvalue weighted by Crippen LogP contribution is -2.26. The molecule has 0 bridgehead atoms. The van der Waals surface area contributed by atoms with Gasteiger partial charge in [-0.2, -0.15) is 0 Å². The standard InChI is InChI=1S/C13H18FNO/c1-9(15-2)12-8-10(14)6-7-13(12)16-11-4-3-5-11/h6-9,11,15H,3-5H2,1-2H3. The molecule has 1 aliphatic rings. The van der Waals surface area contributed by atoms with Gasteiger partial charge in [-0.3, -0.25) is 0 Å². The summed E-state index contributed by atoms with van der Waals surface area (Å²) in [6.45, 7) is 2.00. The van der Waals surface area contributed by atoms with E-state index in [9.17, 15) is 4.39 Å². The van der Waals surface area contributed by atoms with E-state index >= 15 is 0 Å². The zero-order chi connectivity index (χ0) is 11.5. The Labute approximate surface area is 95.8 Å². The fraction of sp³-hybridized carbons (Fsp3) is 0.538. The highest BCUT2D eigenvalue weighted by Crippen LogP contribution is 2.31. The van der Waals surface area contributed by atoms with Crippen molar-refractivity contribution in [1.29, 1.82) is 0 Å². The van der Waals surface area contributed by atoms with Crippen LogP contribution in [0.5, 0.6) is 5.75 Å². The minimum absolute atomic E-state index is 0.103. The average molecular weight is 223 g/mol. The molecule has 1 fully saturated rings. The van der Waals surface area contributed by atoms with Gasteiger partial charge < -0.3 is 10.1 Å². The molecule has 1 aromatic rings. The maximum absolute atomic E-state index is 13.2. The van der Waals surface area contributed by atoms with Crippen molar-refractivity contribution >= 4 is 0 Å². The summed E-state index contributed by atoms with van der Waals surface area (Å²) in [5.41, 5.74) is 0.898. The number of ether oxygens (including phenoxy) is 1. The smallest absolute Gasteiger partial charge is 0.124 e. The predicted octanol–water partition coefficient (Wildman–Crippen LogP) is 3.04. The van der Waals surface area contributed by atoms with Crippen molar-refractivity contribution in [2.75, 3.05) is 7.05 Å². The minimum atomic E-state index is -0.210. The summed E-state index contributed by atoms with van der Waals surface area (Å²) in [4.78, 5) is 0. The van der Waals surface area contributed by atoms with E-state index < -0.39 is 0 Å². The lowest BCUT2D eigenvalue weighted by atomic mass is 9.96. The Morgan fingerprint density at radius 2 is 2.19 bits per heavy atom.